The molecule has 104 valence electrons. The summed E-state index contributed by atoms with van der Waals surface area (Å²) >= 11 is 1.24. The Morgan fingerprint density at radius 1 is 1.53 bits per heavy atom. The number of thiophene rings is 1. The third-order valence-electron chi connectivity index (χ3n) is 3.06. The quantitative estimate of drug-likeness (QED) is 0.800. The zero-order valence-corrected chi connectivity index (χ0v) is 11.6. The van der Waals surface area contributed by atoms with E-state index in [1.54, 1.807) is 5.38 Å². The minimum absolute atomic E-state index is 0.225. The van der Waals surface area contributed by atoms with Crippen molar-refractivity contribution in [1.82, 2.24) is 0 Å². The molecule has 0 saturated carbocycles. The molecule has 0 aliphatic carbocycles. The minimum atomic E-state index is -0.458. The first-order chi connectivity index (χ1) is 9.04. The summed E-state index contributed by atoms with van der Waals surface area (Å²) in [5, 5.41) is 4.56. The fraction of sp³-hybridized carbons (Fsp3) is 0.500. The number of hydrogen-bond acceptors (Lipinski definition) is 6. The number of rotatable bonds is 3. The second kappa shape index (κ2) is 5.68. The molecule has 0 radical (unpaired) electrons. The van der Waals surface area contributed by atoms with Crippen LogP contribution in [0.4, 0.5) is 5.69 Å². The van der Waals surface area contributed by atoms with Gasteiger partial charge in [-0.05, 0) is 17.9 Å². The topological polar surface area (TPSA) is 90.6 Å². The molecule has 2 unspecified atom stereocenters. The van der Waals surface area contributed by atoms with Gasteiger partial charge in [0.1, 0.15) is 4.88 Å². The summed E-state index contributed by atoms with van der Waals surface area (Å²) < 4.78 is 9.85. The van der Waals surface area contributed by atoms with Crippen LogP contribution in [-0.2, 0) is 14.3 Å². The van der Waals surface area contributed by atoms with Crippen LogP contribution < -0.4 is 11.1 Å². The standard InChI is InChI=1S/C12H16N2O4S/c1-6-5-19-10(12(16)17-2)9(6)14-11(15)7-3-18-4-8(7)13/h5,7-8H,3-4,13H2,1-2H3,(H,14,15). The van der Waals surface area contributed by atoms with Gasteiger partial charge >= 0.3 is 5.97 Å². The van der Waals surface area contributed by atoms with Gasteiger partial charge in [-0.1, -0.05) is 0 Å². The molecule has 0 aromatic carbocycles. The van der Waals surface area contributed by atoms with Crippen LogP contribution in [-0.4, -0.2) is 38.2 Å². The number of methoxy groups -OCH3 is 1. The first-order valence-corrected chi connectivity index (χ1v) is 6.73. The van der Waals surface area contributed by atoms with E-state index >= 15 is 0 Å². The highest BCUT2D eigenvalue weighted by molar-refractivity contribution is 7.12. The molecule has 3 N–H and O–H groups in total. The Bertz CT molecular complexity index is 500. The first-order valence-electron chi connectivity index (χ1n) is 5.85. The van der Waals surface area contributed by atoms with Crippen molar-refractivity contribution in [3.8, 4) is 0 Å². The van der Waals surface area contributed by atoms with E-state index in [4.69, 9.17) is 10.5 Å². The Balaban J connectivity index is 2.16. The van der Waals surface area contributed by atoms with Crippen molar-refractivity contribution >= 4 is 28.9 Å². The maximum absolute atomic E-state index is 12.1. The second-order valence-electron chi connectivity index (χ2n) is 4.41. The lowest BCUT2D eigenvalue weighted by atomic mass is 10.0. The molecule has 1 aliphatic rings. The summed E-state index contributed by atoms with van der Waals surface area (Å²) in [4.78, 5) is 24.1. The third-order valence-corrected chi connectivity index (χ3v) is 4.13. The molecule has 1 aliphatic heterocycles. The number of carbonyl (C=O) groups is 2. The van der Waals surface area contributed by atoms with Crippen molar-refractivity contribution in [2.24, 2.45) is 11.7 Å². The van der Waals surface area contributed by atoms with Gasteiger partial charge in [-0.25, -0.2) is 4.79 Å². The number of ether oxygens (including phenoxy) is 2. The molecule has 7 heteroatoms. The van der Waals surface area contributed by atoms with Crippen molar-refractivity contribution < 1.29 is 19.1 Å². The number of esters is 1. The number of anilines is 1. The number of nitrogens with one attached hydrogen (secondary N) is 1. The predicted molar refractivity (Wildman–Crippen MR) is 71.3 cm³/mol. The Morgan fingerprint density at radius 2 is 2.26 bits per heavy atom. The Kier molecular flexibility index (Phi) is 4.18. The molecule has 19 heavy (non-hydrogen) atoms. The zero-order valence-electron chi connectivity index (χ0n) is 10.8. The van der Waals surface area contributed by atoms with Crippen LogP contribution in [0.25, 0.3) is 0 Å². The summed E-state index contributed by atoms with van der Waals surface area (Å²) in [6, 6.07) is -0.305. The van der Waals surface area contributed by atoms with E-state index in [0.717, 1.165) is 5.56 Å². The molecule has 2 atom stereocenters. The largest absolute Gasteiger partial charge is 0.465 e. The van der Waals surface area contributed by atoms with Crippen molar-refractivity contribution in [3.63, 3.8) is 0 Å². The van der Waals surface area contributed by atoms with Gasteiger partial charge in [-0.15, -0.1) is 11.3 Å². The van der Waals surface area contributed by atoms with Crippen molar-refractivity contribution in [2.45, 2.75) is 13.0 Å². The van der Waals surface area contributed by atoms with Crippen molar-refractivity contribution in [1.29, 1.82) is 0 Å². The van der Waals surface area contributed by atoms with Gasteiger partial charge in [0.25, 0.3) is 0 Å². The van der Waals surface area contributed by atoms with E-state index in [-0.39, 0.29) is 17.9 Å². The monoisotopic (exact) mass is 284 g/mol. The smallest absolute Gasteiger partial charge is 0.350 e. The molecule has 1 aromatic rings. The van der Waals surface area contributed by atoms with E-state index < -0.39 is 5.97 Å². The highest BCUT2D eigenvalue weighted by Gasteiger charge is 2.32. The number of nitrogens with two attached hydrogens (primary N) is 1. The average Bonchev–Trinajstić information content (AvgIpc) is 2.96. The average molecular weight is 284 g/mol. The molecule has 6 nitrogen and oxygen atoms in total. The number of amides is 1. The van der Waals surface area contributed by atoms with Crippen LogP contribution in [0.15, 0.2) is 5.38 Å². The Morgan fingerprint density at radius 3 is 2.84 bits per heavy atom. The van der Waals surface area contributed by atoms with Crippen LogP contribution >= 0.6 is 11.3 Å². The maximum Gasteiger partial charge on any atom is 0.350 e. The fourth-order valence-corrected chi connectivity index (χ4v) is 2.82. The fourth-order valence-electron chi connectivity index (χ4n) is 1.90. The lowest BCUT2D eigenvalue weighted by Crippen LogP contribution is -2.37. The lowest BCUT2D eigenvalue weighted by Gasteiger charge is -2.14. The van der Waals surface area contributed by atoms with Crippen molar-refractivity contribution in [3.05, 3.63) is 15.8 Å². The van der Waals surface area contributed by atoms with Gasteiger partial charge in [0.15, 0.2) is 0 Å². The molecule has 2 heterocycles. The summed E-state index contributed by atoms with van der Waals surface area (Å²) in [5.74, 6) is -1.07. The molecule has 1 aromatic heterocycles. The molecule has 1 amide bonds. The third kappa shape index (κ3) is 2.78. The number of aryl methyl sites for hydroxylation is 1. The van der Waals surface area contributed by atoms with E-state index in [9.17, 15) is 9.59 Å². The summed E-state index contributed by atoms with van der Waals surface area (Å²) in [6.07, 6.45) is 0. The lowest BCUT2D eigenvalue weighted by molar-refractivity contribution is -0.120. The molecule has 1 fully saturated rings. The van der Waals surface area contributed by atoms with Crippen LogP contribution in [0.2, 0.25) is 0 Å². The van der Waals surface area contributed by atoms with Gasteiger partial charge in [0, 0.05) is 6.04 Å². The van der Waals surface area contributed by atoms with Crippen LogP contribution in [0.1, 0.15) is 15.2 Å². The van der Waals surface area contributed by atoms with Gasteiger partial charge in [-0.2, -0.15) is 0 Å². The van der Waals surface area contributed by atoms with Gasteiger partial charge in [0.2, 0.25) is 5.91 Å². The highest BCUT2D eigenvalue weighted by Crippen LogP contribution is 2.29. The first kappa shape index (κ1) is 14.0. The van der Waals surface area contributed by atoms with Crippen LogP contribution in [0, 0.1) is 12.8 Å². The van der Waals surface area contributed by atoms with Gasteiger partial charge < -0.3 is 20.5 Å². The number of carbonyl (C=O) groups excluding carboxylic acids is 2. The molecule has 0 spiro atoms. The predicted octanol–water partition coefficient (Wildman–Crippen LogP) is 0.755. The van der Waals surface area contributed by atoms with Gasteiger partial charge in [-0.3, -0.25) is 4.79 Å². The summed E-state index contributed by atoms with van der Waals surface area (Å²) in [6.45, 7) is 2.51. The minimum Gasteiger partial charge on any atom is -0.465 e. The van der Waals surface area contributed by atoms with E-state index in [0.29, 0.717) is 23.8 Å². The SMILES string of the molecule is COC(=O)c1scc(C)c1NC(=O)C1COCC1N. The maximum atomic E-state index is 12.1. The zero-order chi connectivity index (χ0) is 14.0. The van der Waals surface area contributed by atoms with E-state index in [1.807, 2.05) is 6.92 Å². The van der Waals surface area contributed by atoms with Gasteiger partial charge in [0.05, 0.1) is 31.9 Å². The second-order valence-corrected chi connectivity index (χ2v) is 5.29. The number of hydrogen-bond donors (Lipinski definition) is 2. The molecular weight excluding hydrogens is 268 g/mol. The summed E-state index contributed by atoms with van der Waals surface area (Å²) in [5.41, 5.74) is 7.12. The molecular formula is C12H16N2O4S. The van der Waals surface area contributed by atoms with Crippen molar-refractivity contribution in [2.75, 3.05) is 25.6 Å². The summed E-state index contributed by atoms with van der Waals surface area (Å²) in [7, 11) is 1.31. The Labute approximate surface area is 114 Å². The molecule has 1 saturated heterocycles. The molecule has 0 bridgehead atoms. The molecule has 2 rings (SSSR count). The highest BCUT2D eigenvalue weighted by atomic mass is 32.1. The Hall–Kier alpha value is -1.44. The van der Waals surface area contributed by atoms with E-state index in [1.165, 1.54) is 18.4 Å². The van der Waals surface area contributed by atoms with E-state index in [2.05, 4.69) is 10.1 Å². The van der Waals surface area contributed by atoms with Crippen LogP contribution in [0.3, 0.4) is 0 Å². The van der Waals surface area contributed by atoms with Crippen LogP contribution in [0.5, 0.6) is 0 Å². The normalized spacial score (nSPS) is 22.3.